The van der Waals surface area contributed by atoms with Crippen molar-refractivity contribution in [2.24, 2.45) is 5.92 Å². The SMILES string of the molecule is Cc1csc2c(NC(C)C3CC3)ncnc12. The van der Waals surface area contributed by atoms with Gasteiger partial charge < -0.3 is 5.32 Å². The van der Waals surface area contributed by atoms with Crippen LogP contribution >= 0.6 is 11.3 Å². The summed E-state index contributed by atoms with van der Waals surface area (Å²) in [5, 5.41) is 5.66. The average Bonchev–Trinajstić information content (AvgIpc) is 3.05. The number of rotatable bonds is 3. The fraction of sp³-hybridized carbons (Fsp3) is 0.500. The van der Waals surface area contributed by atoms with Gasteiger partial charge in [0.05, 0.1) is 10.2 Å². The molecule has 0 aromatic carbocycles. The molecule has 1 aliphatic carbocycles. The van der Waals surface area contributed by atoms with Crippen molar-refractivity contribution < 1.29 is 0 Å². The third kappa shape index (κ3) is 1.67. The second-order valence-electron chi connectivity index (χ2n) is 4.59. The molecule has 0 aliphatic heterocycles. The Balaban J connectivity index is 1.96. The zero-order valence-corrected chi connectivity index (χ0v) is 10.3. The second kappa shape index (κ2) is 3.70. The molecule has 1 fully saturated rings. The van der Waals surface area contributed by atoms with Gasteiger partial charge in [0.15, 0.2) is 0 Å². The van der Waals surface area contributed by atoms with Crippen LogP contribution in [0.3, 0.4) is 0 Å². The van der Waals surface area contributed by atoms with E-state index in [-0.39, 0.29) is 0 Å². The number of aromatic nitrogens is 2. The largest absolute Gasteiger partial charge is 0.366 e. The highest BCUT2D eigenvalue weighted by Crippen LogP contribution is 2.35. The van der Waals surface area contributed by atoms with Crippen molar-refractivity contribution >= 4 is 27.4 Å². The molecule has 0 saturated heterocycles. The topological polar surface area (TPSA) is 37.8 Å². The first-order valence-corrected chi connectivity index (χ1v) is 6.59. The summed E-state index contributed by atoms with van der Waals surface area (Å²) in [6.45, 7) is 4.34. The highest BCUT2D eigenvalue weighted by atomic mass is 32.1. The summed E-state index contributed by atoms with van der Waals surface area (Å²) in [7, 11) is 0. The monoisotopic (exact) mass is 233 g/mol. The summed E-state index contributed by atoms with van der Waals surface area (Å²) in [5.74, 6) is 1.84. The lowest BCUT2D eigenvalue weighted by Crippen LogP contribution is -2.18. The van der Waals surface area contributed by atoms with Crippen LogP contribution in [0.25, 0.3) is 10.2 Å². The van der Waals surface area contributed by atoms with E-state index < -0.39 is 0 Å². The van der Waals surface area contributed by atoms with Crippen LogP contribution in [0.4, 0.5) is 5.82 Å². The molecule has 1 atom stereocenters. The van der Waals surface area contributed by atoms with Crippen LogP contribution in [0, 0.1) is 12.8 Å². The van der Waals surface area contributed by atoms with Gasteiger partial charge in [-0.25, -0.2) is 9.97 Å². The first-order chi connectivity index (χ1) is 7.75. The molecule has 0 spiro atoms. The second-order valence-corrected chi connectivity index (χ2v) is 5.47. The van der Waals surface area contributed by atoms with Gasteiger partial charge in [-0.2, -0.15) is 0 Å². The molecular formula is C12H15N3S. The first kappa shape index (κ1) is 10.0. The third-order valence-electron chi connectivity index (χ3n) is 3.22. The van der Waals surface area contributed by atoms with Gasteiger partial charge in [0.2, 0.25) is 0 Å². The molecule has 84 valence electrons. The van der Waals surface area contributed by atoms with Crippen LogP contribution in [0.2, 0.25) is 0 Å². The fourth-order valence-electron chi connectivity index (χ4n) is 2.00. The maximum Gasteiger partial charge on any atom is 0.147 e. The van der Waals surface area contributed by atoms with E-state index in [0.717, 1.165) is 17.3 Å². The molecule has 0 radical (unpaired) electrons. The minimum absolute atomic E-state index is 0.528. The van der Waals surface area contributed by atoms with Crippen molar-refractivity contribution in [1.29, 1.82) is 0 Å². The van der Waals surface area contributed by atoms with Crippen LogP contribution in [0.15, 0.2) is 11.7 Å². The number of nitrogens with one attached hydrogen (secondary N) is 1. The van der Waals surface area contributed by atoms with E-state index in [0.29, 0.717) is 6.04 Å². The molecule has 16 heavy (non-hydrogen) atoms. The Morgan fingerprint density at radius 2 is 2.25 bits per heavy atom. The third-order valence-corrected chi connectivity index (χ3v) is 4.32. The molecule has 0 bridgehead atoms. The average molecular weight is 233 g/mol. The maximum atomic E-state index is 4.36. The molecule has 4 heteroatoms. The van der Waals surface area contributed by atoms with E-state index in [1.54, 1.807) is 17.7 Å². The quantitative estimate of drug-likeness (QED) is 0.884. The number of thiophene rings is 1. The zero-order chi connectivity index (χ0) is 11.1. The Bertz CT molecular complexity index is 516. The van der Waals surface area contributed by atoms with Crippen LogP contribution < -0.4 is 5.32 Å². The summed E-state index contributed by atoms with van der Waals surface area (Å²) in [4.78, 5) is 8.69. The lowest BCUT2D eigenvalue weighted by molar-refractivity contribution is 0.691. The molecule has 2 aromatic rings. The molecule has 2 aromatic heterocycles. The number of nitrogens with zero attached hydrogens (tertiary/aromatic N) is 2. The number of fused-ring (bicyclic) bond motifs is 1. The number of hydrogen-bond acceptors (Lipinski definition) is 4. The van der Waals surface area contributed by atoms with E-state index in [9.17, 15) is 0 Å². The van der Waals surface area contributed by atoms with Crippen molar-refractivity contribution in [3.8, 4) is 0 Å². The maximum absolute atomic E-state index is 4.36. The van der Waals surface area contributed by atoms with Gasteiger partial charge >= 0.3 is 0 Å². The van der Waals surface area contributed by atoms with Gasteiger partial charge in [-0.15, -0.1) is 11.3 Å². The highest BCUT2D eigenvalue weighted by molar-refractivity contribution is 7.18. The van der Waals surface area contributed by atoms with Crippen LogP contribution in [0.1, 0.15) is 25.3 Å². The van der Waals surface area contributed by atoms with E-state index in [4.69, 9.17) is 0 Å². The Kier molecular flexibility index (Phi) is 2.32. The van der Waals surface area contributed by atoms with Gasteiger partial charge in [0.25, 0.3) is 0 Å². The number of anilines is 1. The smallest absolute Gasteiger partial charge is 0.147 e. The van der Waals surface area contributed by atoms with E-state index >= 15 is 0 Å². The Labute approximate surface area is 98.9 Å². The molecule has 3 rings (SSSR count). The van der Waals surface area contributed by atoms with Crippen LogP contribution in [-0.4, -0.2) is 16.0 Å². The van der Waals surface area contributed by atoms with Crippen molar-refractivity contribution in [2.45, 2.75) is 32.7 Å². The molecule has 1 N–H and O–H groups in total. The Morgan fingerprint density at radius 3 is 3.00 bits per heavy atom. The standard InChI is InChI=1S/C12H15N3S/c1-7-5-16-11-10(7)13-6-14-12(11)15-8(2)9-3-4-9/h5-6,8-9H,3-4H2,1-2H3,(H,13,14,15). The molecule has 0 amide bonds. The van der Waals surface area contributed by atoms with Gasteiger partial charge in [-0.3, -0.25) is 0 Å². The molecule has 1 saturated carbocycles. The fourth-order valence-corrected chi connectivity index (χ4v) is 2.96. The Hall–Kier alpha value is -1.16. The summed E-state index contributed by atoms with van der Waals surface area (Å²) in [6.07, 6.45) is 4.36. The number of aryl methyl sites for hydroxylation is 1. The van der Waals surface area contributed by atoms with E-state index in [1.807, 2.05) is 0 Å². The summed E-state index contributed by atoms with van der Waals surface area (Å²) < 4.78 is 1.19. The minimum Gasteiger partial charge on any atom is -0.366 e. The summed E-state index contributed by atoms with van der Waals surface area (Å²) in [5.41, 5.74) is 2.33. The van der Waals surface area contributed by atoms with Crippen molar-refractivity contribution in [3.63, 3.8) is 0 Å². The zero-order valence-electron chi connectivity index (χ0n) is 9.53. The predicted octanol–water partition coefficient (Wildman–Crippen LogP) is 3.21. The first-order valence-electron chi connectivity index (χ1n) is 5.71. The van der Waals surface area contributed by atoms with Crippen molar-refractivity contribution in [2.75, 3.05) is 5.32 Å². The lowest BCUT2D eigenvalue weighted by Gasteiger charge is -2.13. The van der Waals surface area contributed by atoms with E-state index in [2.05, 4.69) is 34.5 Å². The van der Waals surface area contributed by atoms with Gasteiger partial charge in [-0.1, -0.05) is 0 Å². The molecule has 2 heterocycles. The van der Waals surface area contributed by atoms with Crippen molar-refractivity contribution in [1.82, 2.24) is 9.97 Å². The summed E-state index contributed by atoms with van der Waals surface area (Å²) in [6, 6.07) is 0.528. The molecule has 1 aliphatic rings. The summed E-state index contributed by atoms with van der Waals surface area (Å²) >= 11 is 1.73. The van der Waals surface area contributed by atoms with Crippen molar-refractivity contribution in [3.05, 3.63) is 17.3 Å². The molecule has 1 unspecified atom stereocenters. The highest BCUT2D eigenvalue weighted by Gasteiger charge is 2.28. The Morgan fingerprint density at radius 1 is 1.44 bits per heavy atom. The predicted molar refractivity (Wildman–Crippen MR) is 68.0 cm³/mol. The van der Waals surface area contributed by atoms with Crippen LogP contribution in [-0.2, 0) is 0 Å². The van der Waals surface area contributed by atoms with Gasteiger partial charge in [0, 0.05) is 6.04 Å². The number of hydrogen-bond donors (Lipinski definition) is 1. The van der Waals surface area contributed by atoms with Crippen LogP contribution in [0.5, 0.6) is 0 Å². The normalized spacial score (nSPS) is 17.6. The molecular weight excluding hydrogens is 218 g/mol. The van der Waals surface area contributed by atoms with E-state index in [1.165, 1.54) is 23.1 Å². The lowest BCUT2D eigenvalue weighted by atomic mass is 10.2. The van der Waals surface area contributed by atoms with Gasteiger partial charge in [-0.05, 0) is 43.6 Å². The molecule has 3 nitrogen and oxygen atoms in total. The minimum atomic E-state index is 0.528. The van der Waals surface area contributed by atoms with Gasteiger partial charge in [0.1, 0.15) is 12.1 Å².